The van der Waals surface area contributed by atoms with Gasteiger partial charge in [0, 0.05) is 31.4 Å². The number of anilines is 2. The molecule has 3 aromatic rings. The fraction of sp³-hybridized carbons (Fsp3) is 0.368. The van der Waals surface area contributed by atoms with E-state index in [1.165, 1.54) is 23.2 Å². The molecule has 1 aromatic carbocycles. The van der Waals surface area contributed by atoms with Crippen LogP contribution in [0.4, 0.5) is 24.7 Å². The van der Waals surface area contributed by atoms with E-state index in [-0.39, 0.29) is 11.8 Å². The summed E-state index contributed by atoms with van der Waals surface area (Å²) in [5.41, 5.74) is 0.309. The Morgan fingerprint density at radius 1 is 1.30 bits per heavy atom. The predicted octanol–water partition coefficient (Wildman–Crippen LogP) is 3.77. The molecule has 4 rings (SSSR count). The Kier molecular flexibility index (Phi) is 6.38. The van der Waals surface area contributed by atoms with Gasteiger partial charge >= 0.3 is 6.18 Å². The summed E-state index contributed by atoms with van der Waals surface area (Å²) in [4.78, 5) is 10.7. The molecule has 1 amide bonds. The highest BCUT2D eigenvalue weighted by Crippen LogP contribution is 2.31. The maximum Gasteiger partial charge on any atom is 0.416 e. The molecular weight excluding hydrogens is 401 g/mol. The number of carbonyl (C=O) groups excluding carboxylic acids is 1. The topological polar surface area (TPSA) is 97.9 Å². The second kappa shape index (κ2) is 8.97. The van der Waals surface area contributed by atoms with Crippen molar-refractivity contribution < 1.29 is 22.4 Å². The van der Waals surface area contributed by atoms with Crippen molar-refractivity contribution in [3.05, 3.63) is 42.4 Å². The van der Waals surface area contributed by atoms with E-state index in [0.717, 1.165) is 31.5 Å². The summed E-state index contributed by atoms with van der Waals surface area (Å²) in [7, 11) is 1.71. The van der Waals surface area contributed by atoms with Gasteiger partial charge in [-0.1, -0.05) is 6.92 Å². The molecule has 0 bridgehead atoms. The first kappa shape index (κ1) is 21.3. The second-order valence-corrected chi connectivity index (χ2v) is 6.69. The molecule has 3 heterocycles. The molecule has 30 heavy (non-hydrogen) atoms. The highest BCUT2D eigenvalue weighted by molar-refractivity contribution is 5.80. The Balaban J connectivity index is 0.000000269. The number of carbonyl (C=O) groups is 1. The number of benzene rings is 1. The lowest BCUT2D eigenvalue weighted by Crippen LogP contribution is -2.18. The molecule has 160 valence electrons. The van der Waals surface area contributed by atoms with Gasteiger partial charge in [-0.3, -0.25) is 9.48 Å². The van der Waals surface area contributed by atoms with Crippen molar-refractivity contribution in [3.63, 3.8) is 0 Å². The number of amides is 1. The summed E-state index contributed by atoms with van der Waals surface area (Å²) in [6.45, 7) is 2.94. The van der Waals surface area contributed by atoms with Crippen molar-refractivity contribution in [3.8, 4) is 11.5 Å². The van der Waals surface area contributed by atoms with Gasteiger partial charge < -0.3 is 15.1 Å². The number of nitrogens with zero attached hydrogens (tertiary/aromatic N) is 4. The van der Waals surface area contributed by atoms with Gasteiger partial charge in [-0.05, 0) is 37.1 Å². The molecule has 1 unspecified atom stereocenters. The van der Waals surface area contributed by atoms with Crippen LogP contribution in [0.25, 0.3) is 11.5 Å². The molecule has 0 radical (unpaired) electrons. The number of halogens is 3. The van der Waals surface area contributed by atoms with Crippen LogP contribution in [0.1, 0.15) is 25.3 Å². The SMILES string of the molecule is CCC1CCNC1=O.Cn1cc(-c2nnco2)c(Nc2ccc(C(F)(F)F)cc2)n1. The largest absolute Gasteiger partial charge is 0.423 e. The number of nitrogens with one attached hydrogen (secondary N) is 2. The van der Waals surface area contributed by atoms with E-state index in [1.807, 2.05) is 0 Å². The quantitative estimate of drug-likeness (QED) is 0.664. The van der Waals surface area contributed by atoms with Gasteiger partial charge in [-0.15, -0.1) is 10.2 Å². The van der Waals surface area contributed by atoms with Crippen LogP contribution in [0.2, 0.25) is 0 Å². The Labute approximate surface area is 170 Å². The van der Waals surface area contributed by atoms with Crippen LogP contribution < -0.4 is 10.6 Å². The zero-order valence-corrected chi connectivity index (χ0v) is 16.4. The van der Waals surface area contributed by atoms with Gasteiger partial charge in [-0.2, -0.15) is 18.3 Å². The summed E-state index contributed by atoms with van der Waals surface area (Å²) in [6.07, 6.45) is 0.518. The van der Waals surface area contributed by atoms with Gasteiger partial charge in [0.05, 0.1) is 5.56 Å². The average molecular weight is 422 g/mol. The molecule has 8 nitrogen and oxygen atoms in total. The zero-order chi connectivity index (χ0) is 21.7. The van der Waals surface area contributed by atoms with Crippen molar-refractivity contribution in [2.45, 2.75) is 25.9 Å². The third kappa shape index (κ3) is 5.16. The van der Waals surface area contributed by atoms with Crippen LogP contribution >= 0.6 is 0 Å². The zero-order valence-electron chi connectivity index (χ0n) is 16.4. The Hall–Kier alpha value is -3.37. The Morgan fingerprint density at radius 3 is 2.53 bits per heavy atom. The van der Waals surface area contributed by atoms with E-state index in [0.29, 0.717) is 23.0 Å². The smallest absolute Gasteiger partial charge is 0.416 e. The standard InChI is InChI=1S/C13H10F3N5O.C6H11NO/c1-21-6-10(12-19-17-7-22-12)11(20-21)18-9-4-2-8(3-5-9)13(14,15)16;1-2-5-3-4-7-6(5)8/h2-7H,1H3,(H,18,20);5H,2-4H2,1H3,(H,7,8). The van der Waals surface area contributed by atoms with Crippen molar-refractivity contribution in [2.75, 3.05) is 11.9 Å². The molecular formula is C19H21F3N6O2. The molecule has 0 aliphatic carbocycles. The highest BCUT2D eigenvalue weighted by atomic mass is 19.4. The van der Waals surface area contributed by atoms with Crippen molar-refractivity contribution in [2.24, 2.45) is 13.0 Å². The first-order valence-corrected chi connectivity index (χ1v) is 9.30. The Bertz CT molecular complexity index is 967. The predicted molar refractivity (Wildman–Crippen MR) is 103 cm³/mol. The van der Waals surface area contributed by atoms with E-state index < -0.39 is 11.7 Å². The third-order valence-corrected chi connectivity index (χ3v) is 4.55. The second-order valence-electron chi connectivity index (χ2n) is 6.69. The van der Waals surface area contributed by atoms with E-state index in [2.05, 4.69) is 32.9 Å². The molecule has 0 saturated carbocycles. The number of aryl methyl sites for hydroxylation is 1. The molecule has 1 saturated heterocycles. The monoisotopic (exact) mass is 422 g/mol. The molecule has 11 heteroatoms. The fourth-order valence-electron chi connectivity index (χ4n) is 2.94. The van der Waals surface area contributed by atoms with Crippen LogP contribution in [0, 0.1) is 5.92 Å². The average Bonchev–Trinajstić information content (AvgIpc) is 3.43. The minimum Gasteiger partial charge on any atom is -0.423 e. The van der Waals surface area contributed by atoms with Gasteiger partial charge in [-0.25, -0.2) is 0 Å². The lowest BCUT2D eigenvalue weighted by molar-refractivity contribution is -0.137. The Morgan fingerprint density at radius 2 is 2.03 bits per heavy atom. The molecule has 2 N–H and O–H groups in total. The van der Waals surface area contributed by atoms with Crippen LogP contribution in [0.15, 0.2) is 41.3 Å². The number of hydrogen-bond acceptors (Lipinski definition) is 6. The third-order valence-electron chi connectivity index (χ3n) is 4.55. The molecule has 1 fully saturated rings. The first-order chi connectivity index (χ1) is 14.3. The number of hydrogen-bond donors (Lipinski definition) is 2. The van der Waals surface area contributed by atoms with Gasteiger partial charge in [0.15, 0.2) is 5.82 Å². The van der Waals surface area contributed by atoms with Gasteiger partial charge in [0.2, 0.25) is 12.3 Å². The molecule has 1 aliphatic heterocycles. The minimum atomic E-state index is -4.36. The lowest BCUT2D eigenvalue weighted by atomic mass is 10.1. The van der Waals surface area contributed by atoms with E-state index in [4.69, 9.17) is 4.42 Å². The van der Waals surface area contributed by atoms with E-state index in [9.17, 15) is 18.0 Å². The van der Waals surface area contributed by atoms with E-state index in [1.54, 1.807) is 13.2 Å². The highest BCUT2D eigenvalue weighted by Gasteiger charge is 2.30. The van der Waals surface area contributed by atoms with Crippen molar-refractivity contribution in [1.82, 2.24) is 25.3 Å². The summed E-state index contributed by atoms with van der Waals surface area (Å²) in [5.74, 6) is 1.23. The van der Waals surface area contributed by atoms with Crippen LogP contribution in [0.3, 0.4) is 0 Å². The molecule has 0 spiro atoms. The lowest BCUT2D eigenvalue weighted by Gasteiger charge is -2.08. The molecule has 1 aliphatic rings. The van der Waals surface area contributed by atoms with E-state index >= 15 is 0 Å². The van der Waals surface area contributed by atoms with Gasteiger partial charge in [0.25, 0.3) is 5.89 Å². The number of aromatic nitrogens is 4. The first-order valence-electron chi connectivity index (χ1n) is 9.30. The molecule has 2 aromatic heterocycles. The number of rotatable bonds is 4. The number of alkyl halides is 3. The fourth-order valence-corrected chi connectivity index (χ4v) is 2.94. The summed E-state index contributed by atoms with van der Waals surface area (Å²) in [6, 6.07) is 4.65. The minimum absolute atomic E-state index is 0.243. The maximum absolute atomic E-state index is 12.5. The van der Waals surface area contributed by atoms with Crippen molar-refractivity contribution >= 4 is 17.4 Å². The summed E-state index contributed by atoms with van der Waals surface area (Å²) in [5, 5.41) is 17.3. The summed E-state index contributed by atoms with van der Waals surface area (Å²) < 4.78 is 44.3. The normalized spacial score (nSPS) is 16.0. The maximum atomic E-state index is 12.5. The van der Waals surface area contributed by atoms with Crippen LogP contribution in [0.5, 0.6) is 0 Å². The van der Waals surface area contributed by atoms with Crippen molar-refractivity contribution in [1.29, 1.82) is 0 Å². The summed E-state index contributed by atoms with van der Waals surface area (Å²) >= 11 is 0. The van der Waals surface area contributed by atoms with Gasteiger partial charge in [0.1, 0.15) is 5.56 Å². The molecule has 1 atom stereocenters. The van der Waals surface area contributed by atoms with Crippen LogP contribution in [-0.2, 0) is 18.0 Å². The van der Waals surface area contributed by atoms with Crippen LogP contribution in [-0.4, -0.2) is 32.4 Å².